The van der Waals surface area contributed by atoms with Crippen LogP contribution in [0.1, 0.15) is 26.5 Å². The van der Waals surface area contributed by atoms with Crippen molar-refractivity contribution in [1.82, 2.24) is 9.97 Å². The molecule has 0 bridgehead atoms. The molecule has 1 aromatic heterocycles. The molecular formula is C14H15Cl2N3. The Balaban J connectivity index is 2.63. The van der Waals surface area contributed by atoms with Crippen LogP contribution in [-0.2, 0) is 5.41 Å². The van der Waals surface area contributed by atoms with Gasteiger partial charge in [-0.15, -0.1) is 0 Å². The van der Waals surface area contributed by atoms with E-state index in [2.05, 4.69) is 30.7 Å². The van der Waals surface area contributed by atoms with Crippen molar-refractivity contribution < 1.29 is 0 Å². The Labute approximate surface area is 122 Å². The van der Waals surface area contributed by atoms with Crippen LogP contribution in [0.3, 0.4) is 0 Å². The Bertz CT molecular complexity index is 619. The maximum Gasteiger partial charge on any atom is 0.163 e. The number of nitrogens with zero attached hydrogens (tertiary/aromatic N) is 2. The summed E-state index contributed by atoms with van der Waals surface area (Å²) in [6.07, 6.45) is 0. The van der Waals surface area contributed by atoms with Crippen LogP contribution >= 0.6 is 23.2 Å². The molecule has 1 aromatic carbocycles. The summed E-state index contributed by atoms with van der Waals surface area (Å²) in [6.45, 7) is 6.20. The molecule has 1 heterocycles. The van der Waals surface area contributed by atoms with Crippen molar-refractivity contribution in [2.45, 2.75) is 26.2 Å². The van der Waals surface area contributed by atoms with Crippen molar-refractivity contribution in [3.63, 3.8) is 0 Å². The average Bonchev–Trinajstić information content (AvgIpc) is 2.31. The third-order valence-electron chi connectivity index (χ3n) is 2.71. The number of rotatable bonds is 1. The van der Waals surface area contributed by atoms with Crippen molar-refractivity contribution >= 4 is 29.0 Å². The molecule has 2 aromatic rings. The number of nitrogen functional groups attached to an aromatic ring is 1. The number of benzene rings is 1. The Kier molecular flexibility index (Phi) is 3.70. The molecule has 0 fully saturated rings. The van der Waals surface area contributed by atoms with Crippen LogP contribution in [0.2, 0.25) is 10.0 Å². The maximum absolute atomic E-state index is 6.19. The van der Waals surface area contributed by atoms with Crippen molar-refractivity contribution in [1.29, 1.82) is 0 Å². The molecule has 2 rings (SSSR count). The second kappa shape index (κ2) is 4.99. The molecule has 0 unspecified atom stereocenters. The number of anilines is 1. The summed E-state index contributed by atoms with van der Waals surface area (Å²) in [6, 6.07) is 7.15. The topological polar surface area (TPSA) is 51.8 Å². The van der Waals surface area contributed by atoms with E-state index in [0.29, 0.717) is 27.3 Å². The van der Waals surface area contributed by atoms with E-state index in [9.17, 15) is 0 Å². The second-order valence-corrected chi connectivity index (χ2v) is 6.14. The molecule has 19 heavy (non-hydrogen) atoms. The number of halogens is 2. The van der Waals surface area contributed by atoms with E-state index in [1.54, 1.807) is 12.1 Å². The van der Waals surface area contributed by atoms with Gasteiger partial charge in [0.2, 0.25) is 0 Å². The van der Waals surface area contributed by atoms with Gasteiger partial charge < -0.3 is 5.73 Å². The van der Waals surface area contributed by atoms with Crippen LogP contribution in [0.25, 0.3) is 11.4 Å². The minimum Gasteiger partial charge on any atom is -0.384 e. The largest absolute Gasteiger partial charge is 0.384 e. The summed E-state index contributed by atoms with van der Waals surface area (Å²) in [5, 5.41) is 0.914. The Morgan fingerprint density at radius 2 is 1.79 bits per heavy atom. The number of hydrogen-bond acceptors (Lipinski definition) is 3. The fourth-order valence-electron chi connectivity index (χ4n) is 1.65. The van der Waals surface area contributed by atoms with Gasteiger partial charge >= 0.3 is 0 Å². The Morgan fingerprint density at radius 3 is 2.42 bits per heavy atom. The average molecular weight is 296 g/mol. The van der Waals surface area contributed by atoms with Gasteiger partial charge in [0.15, 0.2) is 5.82 Å². The number of hydrogen-bond donors (Lipinski definition) is 1. The number of nitrogens with two attached hydrogens (primary N) is 1. The predicted molar refractivity (Wildman–Crippen MR) is 80.6 cm³/mol. The molecule has 5 heteroatoms. The van der Waals surface area contributed by atoms with Gasteiger partial charge in [0, 0.05) is 17.0 Å². The fourth-order valence-corrected chi connectivity index (χ4v) is 2.03. The van der Waals surface area contributed by atoms with E-state index in [-0.39, 0.29) is 5.41 Å². The third kappa shape index (κ3) is 2.99. The van der Waals surface area contributed by atoms with Crippen LogP contribution in [0.15, 0.2) is 24.3 Å². The standard InChI is InChI=1S/C14H15Cl2N3/c1-14(2,3)10-7-11(17)19-13(18-10)8-5-4-6-9(15)12(8)16/h4-7H,1-3H3,(H2,17,18,19). The molecule has 0 aliphatic heterocycles. The van der Waals surface area contributed by atoms with Gasteiger partial charge in [0.05, 0.1) is 15.7 Å². The first-order chi connectivity index (χ1) is 8.79. The molecule has 100 valence electrons. The fraction of sp³-hybridized carbons (Fsp3) is 0.286. The monoisotopic (exact) mass is 295 g/mol. The Morgan fingerprint density at radius 1 is 1.11 bits per heavy atom. The smallest absolute Gasteiger partial charge is 0.163 e. The van der Waals surface area contributed by atoms with E-state index in [4.69, 9.17) is 28.9 Å². The van der Waals surface area contributed by atoms with Crippen molar-refractivity contribution in [3.8, 4) is 11.4 Å². The first-order valence-corrected chi connectivity index (χ1v) is 6.64. The molecule has 0 spiro atoms. The minimum absolute atomic E-state index is 0.114. The van der Waals surface area contributed by atoms with Crippen LogP contribution < -0.4 is 5.73 Å². The van der Waals surface area contributed by atoms with Gasteiger partial charge in [0.25, 0.3) is 0 Å². The first kappa shape index (κ1) is 14.1. The van der Waals surface area contributed by atoms with Gasteiger partial charge in [-0.05, 0) is 12.1 Å². The highest BCUT2D eigenvalue weighted by Crippen LogP contribution is 2.33. The zero-order valence-electron chi connectivity index (χ0n) is 11.0. The maximum atomic E-state index is 6.19. The third-order valence-corrected chi connectivity index (χ3v) is 3.53. The summed E-state index contributed by atoms with van der Waals surface area (Å²) in [7, 11) is 0. The van der Waals surface area contributed by atoms with Crippen LogP contribution in [0.4, 0.5) is 5.82 Å². The zero-order valence-corrected chi connectivity index (χ0v) is 12.5. The molecule has 2 N–H and O–H groups in total. The first-order valence-electron chi connectivity index (χ1n) is 5.88. The zero-order chi connectivity index (χ0) is 14.2. The van der Waals surface area contributed by atoms with Gasteiger partial charge in [-0.2, -0.15) is 0 Å². The van der Waals surface area contributed by atoms with Crippen molar-refractivity contribution in [2.75, 3.05) is 5.73 Å². The summed E-state index contributed by atoms with van der Waals surface area (Å²) in [4.78, 5) is 8.79. The summed E-state index contributed by atoms with van der Waals surface area (Å²) < 4.78 is 0. The van der Waals surface area contributed by atoms with Crippen LogP contribution in [0.5, 0.6) is 0 Å². The lowest BCUT2D eigenvalue weighted by Gasteiger charge is -2.19. The van der Waals surface area contributed by atoms with E-state index in [1.165, 1.54) is 0 Å². The molecule has 3 nitrogen and oxygen atoms in total. The molecular weight excluding hydrogens is 281 g/mol. The van der Waals surface area contributed by atoms with Crippen LogP contribution in [0, 0.1) is 0 Å². The summed E-state index contributed by atoms with van der Waals surface area (Å²) in [5.41, 5.74) is 7.29. The highest BCUT2D eigenvalue weighted by atomic mass is 35.5. The molecule has 0 atom stereocenters. The minimum atomic E-state index is -0.114. The van der Waals surface area contributed by atoms with Crippen molar-refractivity contribution in [2.24, 2.45) is 0 Å². The van der Waals surface area contributed by atoms with Gasteiger partial charge in [-0.25, -0.2) is 9.97 Å². The second-order valence-electron chi connectivity index (χ2n) is 5.35. The normalized spacial score (nSPS) is 11.6. The molecule has 0 amide bonds. The molecule has 0 aliphatic rings. The summed E-state index contributed by atoms with van der Waals surface area (Å²) >= 11 is 12.2. The Hall–Kier alpha value is -1.32. The number of aromatic nitrogens is 2. The van der Waals surface area contributed by atoms with Crippen molar-refractivity contribution in [3.05, 3.63) is 40.0 Å². The lowest BCUT2D eigenvalue weighted by atomic mass is 9.92. The summed E-state index contributed by atoms with van der Waals surface area (Å²) in [5.74, 6) is 0.920. The van der Waals surface area contributed by atoms with Crippen LogP contribution in [-0.4, -0.2) is 9.97 Å². The van der Waals surface area contributed by atoms with Gasteiger partial charge in [0.1, 0.15) is 5.82 Å². The van der Waals surface area contributed by atoms with Gasteiger partial charge in [-0.1, -0.05) is 50.0 Å². The highest BCUT2D eigenvalue weighted by Gasteiger charge is 2.19. The highest BCUT2D eigenvalue weighted by molar-refractivity contribution is 6.43. The molecule has 0 radical (unpaired) electrons. The lowest BCUT2D eigenvalue weighted by Crippen LogP contribution is -2.15. The van der Waals surface area contributed by atoms with E-state index in [0.717, 1.165) is 5.69 Å². The van der Waals surface area contributed by atoms with E-state index >= 15 is 0 Å². The molecule has 0 saturated heterocycles. The van der Waals surface area contributed by atoms with E-state index in [1.807, 2.05) is 12.1 Å². The molecule has 0 aliphatic carbocycles. The SMILES string of the molecule is CC(C)(C)c1cc(N)nc(-c2cccc(Cl)c2Cl)n1. The molecule has 0 saturated carbocycles. The van der Waals surface area contributed by atoms with E-state index < -0.39 is 0 Å². The quantitative estimate of drug-likeness (QED) is 0.852. The predicted octanol–water partition coefficient (Wildman–Crippen LogP) is 4.33. The lowest BCUT2D eigenvalue weighted by molar-refractivity contribution is 0.568. The van der Waals surface area contributed by atoms with Gasteiger partial charge in [-0.3, -0.25) is 0 Å².